The third-order valence-corrected chi connectivity index (χ3v) is 3.88. The molecule has 25 heavy (non-hydrogen) atoms. The Bertz CT molecular complexity index is 861. The molecule has 0 saturated heterocycles. The molecule has 0 saturated carbocycles. The zero-order valence-electron chi connectivity index (χ0n) is 13.9. The molecule has 0 fully saturated rings. The molecule has 3 aromatic rings. The first kappa shape index (κ1) is 16.5. The van der Waals surface area contributed by atoms with Crippen LogP contribution in [0.2, 0.25) is 0 Å². The summed E-state index contributed by atoms with van der Waals surface area (Å²) in [4.78, 5) is 11.2. The van der Waals surface area contributed by atoms with Crippen LogP contribution in [0.25, 0.3) is 22.3 Å². The summed E-state index contributed by atoms with van der Waals surface area (Å²) in [6.45, 7) is 3.38. The van der Waals surface area contributed by atoms with Crippen molar-refractivity contribution in [1.82, 2.24) is 0 Å². The van der Waals surface area contributed by atoms with Crippen LogP contribution in [0.4, 0.5) is 0 Å². The van der Waals surface area contributed by atoms with Gasteiger partial charge >= 0.3 is 5.97 Å². The lowest BCUT2D eigenvalue weighted by atomic mass is 10.0. The van der Waals surface area contributed by atoms with Crippen LogP contribution in [-0.4, -0.2) is 13.1 Å². The van der Waals surface area contributed by atoms with Gasteiger partial charge in [0.2, 0.25) is 0 Å². The van der Waals surface area contributed by atoms with Crippen LogP contribution in [0, 0.1) is 0 Å². The molecule has 0 N–H and O–H groups in total. The van der Waals surface area contributed by atoms with Crippen molar-refractivity contribution < 1.29 is 14.3 Å². The molecule has 0 radical (unpaired) electrons. The maximum absolute atomic E-state index is 11.2. The van der Waals surface area contributed by atoms with Gasteiger partial charge in [0.25, 0.3) is 0 Å². The molecule has 0 aliphatic heterocycles. The van der Waals surface area contributed by atoms with Gasteiger partial charge in [0.05, 0.1) is 7.11 Å². The van der Waals surface area contributed by atoms with E-state index in [9.17, 15) is 4.79 Å². The molecule has 3 nitrogen and oxygen atoms in total. The summed E-state index contributed by atoms with van der Waals surface area (Å²) in [5.74, 6) is 0.887. The Hall–Kier alpha value is -3.33. The van der Waals surface area contributed by atoms with Crippen molar-refractivity contribution in [1.29, 1.82) is 0 Å². The summed E-state index contributed by atoms with van der Waals surface area (Å²) < 4.78 is 10.3. The van der Waals surface area contributed by atoms with Crippen LogP contribution in [-0.2, 0) is 4.79 Å². The van der Waals surface area contributed by atoms with Gasteiger partial charge in [0.15, 0.2) is 0 Å². The van der Waals surface area contributed by atoms with E-state index >= 15 is 0 Å². The second kappa shape index (κ2) is 7.49. The van der Waals surface area contributed by atoms with E-state index in [2.05, 4.69) is 30.8 Å². The molecular formula is C22H18O3. The molecule has 3 heteroatoms. The number of rotatable bonds is 5. The summed E-state index contributed by atoms with van der Waals surface area (Å²) in [6.07, 6.45) is 1.14. The second-order valence-electron chi connectivity index (χ2n) is 5.46. The molecular weight excluding hydrogens is 312 g/mol. The number of hydrogen-bond donors (Lipinski definition) is 0. The van der Waals surface area contributed by atoms with Crippen molar-refractivity contribution in [2.75, 3.05) is 7.11 Å². The minimum atomic E-state index is -0.461. The number of carbonyl (C=O) groups excluding carboxylic acids is 1. The first-order chi connectivity index (χ1) is 12.2. The molecule has 0 spiro atoms. The molecule has 0 atom stereocenters. The van der Waals surface area contributed by atoms with Crippen molar-refractivity contribution in [3.8, 4) is 33.8 Å². The highest BCUT2D eigenvalue weighted by Gasteiger charge is 2.03. The van der Waals surface area contributed by atoms with E-state index in [0.717, 1.165) is 34.1 Å². The first-order valence-electron chi connectivity index (χ1n) is 7.89. The van der Waals surface area contributed by atoms with E-state index in [0.29, 0.717) is 5.75 Å². The van der Waals surface area contributed by atoms with E-state index in [1.54, 1.807) is 19.2 Å². The Morgan fingerprint density at radius 2 is 1.08 bits per heavy atom. The Morgan fingerprint density at radius 1 is 0.720 bits per heavy atom. The van der Waals surface area contributed by atoms with E-state index in [4.69, 9.17) is 9.47 Å². The molecule has 3 rings (SSSR count). The number of esters is 1. The Labute approximate surface area is 147 Å². The normalized spacial score (nSPS) is 10.1. The highest BCUT2D eigenvalue weighted by Crippen LogP contribution is 2.27. The van der Waals surface area contributed by atoms with Gasteiger partial charge in [0, 0.05) is 6.08 Å². The largest absolute Gasteiger partial charge is 0.497 e. The zero-order valence-corrected chi connectivity index (χ0v) is 13.9. The maximum atomic E-state index is 11.2. The van der Waals surface area contributed by atoms with Crippen molar-refractivity contribution in [2.45, 2.75) is 0 Å². The lowest BCUT2D eigenvalue weighted by Gasteiger charge is -2.07. The minimum Gasteiger partial charge on any atom is -0.497 e. The number of hydrogen-bond acceptors (Lipinski definition) is 3. The average molecular weight is 330 g/mol. The van der Waals surface area contributed by atoms with Crippen LogP contribution in [0.5, 0.6) is 11.5 Å². The smallest absolute Gasteiger partial charge is 0.335 e. The standard InChI is InChI=1S/C22H18O3/c1-3-22(23)25-21-14-10-19(11-15-21)17-6-4-16(5-7-17)18-8-12-20(24-2)13-9-18/h3-15H,1H2,2H3. The summed E-state index contributed by atoms with van der Waals surface area (Å²) in [6, 6.07) is 23.7. The van der Waals surface area contributed by atoms with Crippen LogP contribution < -0.4 is 9.47 Å². The van der Waals surface area contributed by atoms with Gasteiger partial charge in [-0.1, -0.05) is 55.1 Å². The van der Waals surface area contributed by atoms with Crippen LogP contribution in [0.15, 0.2) is 85.5 Å². The van der Waals surface area contributed by atoms with Crippen LogP contribution in [0.3, 0.4) is 0 Å². The molecule has 3 aromatic carbocycles. The summed E-state index contributed by atoms with van der Waals surface area (Å²) >= 11 is 0. The predicted molar refractivity (Wildman–Crippen MR) is 99.7 cm³/mol. The minimum absolute atomic E-state index is 0.461. The highest BCUT2D eigenvalue weighted by molar-refractivity contribution is 5.83. The molecule has 0 aliphatic rings. The molecule has 0 heterocycles. The fourth-order valence-corrected chi connectivity index (χ4v) is 2.51. The SMILES string of the molecule is C=CC(=O)Oc1ccc(-c2ccc(-c3ccc(OC)cc3)cc2)cc1. The maximum Gasteiger partial charge on any atom is 0.335 e. The number of carbonyl (C=O) groups is 1. The first-order valence-corrected chi connectivity index (χ1v) is 7.89. The average Bonchev–Trinajstić information content (AvgIpc) is 2.69. The lowest BCUT2D eigenvalue weighted by molar-refractivity contribution is -0.128. The fraction of sp³-hybridized carbons (Fsp3) is 0.0455. The van der Waals surface area contributed by atoms with Gasteiger partial charge < -0.3 is 9.47 Å². The highest BCUT2D eigenvalue weighted by atomic mass is 16.5. The summed E-state index contributed by atoms with van der Waals surface area (Å²) in [7, 11) is 1.66. The predicted octanol–water partition coefficient (Wildman–Crippen LogP) is 5.12. The van der Waals surface area contributed by atoms with Crippen molar-refractivity contribution in [3.05, 3.63) is 85.5 Å². The lowest BCUT2D eigenvalue weighted by Crippen LogP contribution is -2.02. The molecule has 124 valence electrons. The Balaban J connectivity index is 1.77. The van der Waals surface area contributed by atoms with Crippen molar-refractivity contribution in [3.63, 3.8) is 0 Å². The molecule has 0 unspecified atom stereocenters. The third-order valence-electron chi connectivity index (χ3n) is 3.88. The number of methoxy groups -OCH3 is 1. The van der Waals surface area contributed by atoms with Gasteiger partial charge in [-0.05, 0) is 46.5 Å². The number of ether oxygens (including phenoxy) is 2. The van der Waals surface area contributed by atoms with Crippen molar-refractivity contribution in [2.24, 2.45) is 0 Å². The van der Waals surface area contributed by atoms with E-state index in [1.807, 2.05) is 36.4 Å². The Morgan fingerprint density at radius 3 is 1.44 bits per heavy atom. The topological polar surface area (TPSA) is 35.5 Å². The second-order valence-corrected chi connectivity index (χ2v) is 5.46. The van der Waals surface area contributed by atoms with E-state index in [-0.39, 0.29) is 0 Å². The van der Waals surface area contributed by atoms with Gasteiger partial charge in [-0.3, -0.25) is 0 Å². The summed E-state index contributed by atoms with van der Waals surface area (Å²) in [5, 5.41) is 0. The fourth-order valence-electron chi connectivity index (χ4n) is 2.51. The van der Waals surface area contributed by atoms with E-state index in [1.165, 1.54) is 0 Å². The molecule has 0 aliphatic carbocycles. The molecule has 0 bridgehead atoms. The van der Waals surface area contributed by atoms with E-state index < -0.39 is 5.97 Å². The molecule has 0 aromatic heterocycles. The quantitative estimate of drug-likeness (QED) is 0.370. The van der Waals surface area contributed by atoms with Gasteiger partial charge in [-0.25, -0.2) is 4.79 Å². The monoisotopic (exact) mass is 330 g/mol. The van der Waals surface area contributed by atoms with Gasteiger partial charge in [0.1, 0.15) is 11.5 Å². The van der Waals surface area contributed by atoms with Crippen molar-refractivity contribution >= 4 is 5.97 Å². The number of benzene rings is 3. The zero-order chi connectivity index (χ0) is 17.6. The van der Waals surface area contributed by atoms with Gasteiger partial charge in [-0.2, -0.15) is 0 Å². The third kappa shape index (κ3) is 3.96. The Kier molecular flexibility index (Phi) is 4.95. The van der Waals surface area contributed by atoms with Crippen LogP contribution in [0.1, 0.15) is 0 Å². The summed E-state index contributed by atoms with van der Waals surface area (Å²) in [5.41, 5.74) is 4.43. The molecule has 0 amide bonds. The van der Waals surface area contributed by atoms with Gasteiger partial charge in [-0.15, -0.1) is 0 Å². The van der Waals surface area contributed by atoms with Crippen LogP contribution >= 0.6 is 0 Å².